The number of thiazole rings is 1. The lowest BCUT2D eigenvalue weighted by Crippen LogP contribution is -2.37. The molecule has 0 amide bonds. The zero-order valence-electron chi connectivity index (χ0n) is 19.8. The molecule has 0 bridgehead atoms. The lowest BCUT2D eigenvalue weighted by atomic mass is 10.1. The number of rotatable bonds is 7. The molecule has 1 saturated carbocycles. The molecule has 1 saturated heterocycles. The van der Waals surface area contributed by atoms with Gasteiger partial charge in [0.05, 0.1) is 33.6 Å². The van der Waals surface area contributed by atoms with Gasteiger partial charge in [-0.25, -0.2) is 9.97 Å². The van der Waals surface area contributed by atoms with Crippen molar-refractivity contribution in [3.63, 3.8) is 0 Å². The Kier molecular flexibility index (Phi) is 7.03. The summed E-state index contributed by atoms with van der Waals surface area (Å²) in [6, 6.07) is 7.10. The van der Waals surface area contributed by atoms with Gasteiger partial charge in [-0.15, -0.1) is 11.3 Å². The Morgan fingerprint density at radius 2 is 1.83 bits per heavy atom. The summed E-state index contributed by atoms with van der Waals surface area (Å²) in [6.45, 7) is 3.09. The van der Waals surface area contributed by atoms with E-state index in [1.807, 2.05) is 24.3 Å². The van der Waals surface area contributed by atoms with Gasteiger partial charge in [0.2, 0.25) is 5.95 Å². The number of anilines is 2. The monoisotopic (exact) mass is 522 g/mol. The van der Waals surface area contributed by atoms with Gasteiger partial charge in [-0.3, -0.25) is 0 Å². The zero-order valence-corrected chi connectivity index (χ0v) is 20.6. The number of hydrogen-bond donors (Lipinski definition) is 4. The van der Waals surface area contributed by atoms with E-state index in [0.29, 0.717) is 29.2 Å². The van der Waals surface area contributed by atoms with E-state index in [9.17, 15) is 23.4 Å². The number of nitrogens with one attached hydrogen (secondary N) is 2. The normalized spacial score (nSPS) is 25.1. The SMILES string of the molecule is Cc1nc(NCC(F)(F)F)nc(N[C@@H]2C[C@H](CN3CCCC3)[C@@H](O)[C@H]2O)c1-c1nc2ccccc2s1. The number of hydrogen-bond acceptors (Lipinski definition) is 9. The molecular weight excluding hydrogens is 493 g/mol. The molecule has 3 heterocycles. The van der Waals surface area contributed by atoms with Gasteiger partial charge < -0.3 is 25.7 Å². The van der Waals surface area contributed by atoms with Gasteiger partial charge in [-0.2, -0.15) is 18.2 Å². The van der Waals surface area contributed by atoms with E-state index >= 15 is 0 Å². The third-order valence-corrected chi connectivity index (χ3v) is 7.91. The first kappa shape index (κ1) is 25.1. The van der Waals surface area contributed by atoms with Crippen LogP contribution in [0.1, 0.15) is 25.0 Å². The molecule has 2 fully saturated rings. The van der Waals surface area contributed by atoms with Crippen LogP contribution in [0.25, 0.3) is 20.8 Å². The molecule has 8 nitrogen and oxygen atoms in total. The van der Waals surface area contributed by atoms with Crippen molar-refractivity contribution in [2.75, 3.05) is 36.8 Å². The second-order valence-corrected chi connectivity index (χ2v) is 10.6. The maximum absolute atomic E-state index is 12.8. The minimum Gasteiger partial charge on any atom is -0.390 e. The molecule has 5 rings (SSSR count). The van der Waals surface area contributed by atoms with Crippen LogP contribution in [0.3, 0.4) is 0 Å². The highest BCUT2D eigenvalue weighted by Gasteiger charge is 2.43. The van der Waals surface area contributed by atoms with Crippen molar-refractivity contribution in [2.24, 2.45) is 5.92 Å². The highest BCUT2D eigenvalue weighted by molar-refractivity contribution is 7.21. The summed E-state index contributed by atoms with van der Waals surface area (Å²) in [5.74, 6) is -0.00426. The first-order chi connectivity index (χ1) is 17.2. The van der Waals surface area contributed by atoms with Gasteiger partial charge >= 0.3 is 6.18 Å². The average molecular weight is 523 g/mol. The number of aliphatic hydroxyl groups excluding tert-OH is 2. The molecule has 1 aromatic carbocycles. The molecule has 12 heteroatoms. The molecule has 36 heavy (non-hydrogen) atoms. The Hall–Kier alpha value is -2.54. The fraction of sp³-hybridized carbons (Fsp3) is 0.542. The van der Waals surface area contributed by atoms with Crippen LogP contribution in [0, 0.1) is 12.8 Å². The van der Waals surface area contributed by atoms with Crippen molar-refractivity contribution in [3.8, 4) is 10.6 Å². The van der Waals surface area contributed by atoms with Crippen molar-refractivity contribution in [3.05, 3.63) is 30.0 Å². The summed E-state index contributed by atoms with van der Waals surface area (Å²) in [7, 11) is 0. The highest BCUT2D eigenvalue weighted by atomic mass is 32.1. The molecule has 0 spiro atoms. The Labute approximate surface area is 210 Å². The maximum atomic E-state index is 12.8. The predicted octanol–water partition coefficient (Wildman–Crippen LogP) is 3.65. The summed E-state index contributed by atoms with van der Waals surface area (Å²) in [6.07, 6.45) is -3.60. The number of para-hydroxylation sites is 1. The standard InChI is InChI=1S/C24H29F3N6O2S/c1-13-18(22-31-15-6-2-3-7-17(15)36-22)21(32-23(29-13)28-12-24(25,26)27)30-16-10-14(19(34)20(16)35)11-33-8-4-5-9-33/h2-3,6-7,14,16,19-20,34-35H,4-5,8-12H2,1H3,(H2,28,29,30,32)/t14-,16-,19-,20+/m1/s1. The zero-order chi connectivity index (χ0) is 25.4. The number of benzene rings is 1. The lowest BCUT2D eigenvalue weighted by molar-refractivity contribution is -0.115. The van der Waals surface area contributed by atoms with Crippen LogP contribution >= 0.6 is 11.3 Å². The second kappa shape index (κ2) is 10.1. The third-order valence-electron chi connectivity index (χ3n) is 6.86. The number of aromatic nitrogens is 3. The van der Waals surface area contributed by atoms with E-state index in [0.717, 1.165) is 36.1 Å². The van der Waals surface area contributed by atoms with E-state index < -0.39 is 31.0 Å². The lowest BCUT2D eigenvalue weighted by Gasteiger charge is -2.22. The average Bonchev–Trinajstić information content (AvgIpc) is 3.54. The van der Waals surface area contributed by atoms with Crippen LogP contribution in [0.15, 0.2) is 24.3 Å². The van der Waals surface area contributed by atoms with Gasteiger partial charge in [0.25, 0.3) is 0 Å². The Bertz CT molecular complexity index is 1180. The fourth-order valence-corrected chi connectivity index (χ4v) is 6.16. The summed E-state index contributed by atoms with van der Waals surface area (Å²) in [5, 5.41) is 27.7. The van der Waals surface area contributed by atoms with Crippen LogP contribution in [0.4, 0.5) is 24.9 Å². The van der Waals surface area contributed by atoms with Crippen LogP contribution < -0.4 is 10.6 Å². The quantitative estimate of drug-likeness (QED) is 0.373. The summed E-state index contributed by atoms with van der Waals surface area (Å²) in [4.78, 5) is 15.6. The van der Waals surface area contributed by atoms with Crippen molar-refractivity contribution in [1.82, 2.24) is 19.9 Å². The van der Waals surface area contributed by atoms with Gasteiger partial charge in [-0.1, -0.05) is 12.1 Å². The van der Waals surface area contributed by atoms with E-state index in [4.69, 9.17) is 4.98 Å². The topological polar surface area (TPSA) is 106 Å². The largest absolute Gasteiger partial charge is 0.405 e. The molecule has 2 aromatic heterocycles. The number of alkyl halides is 3. The number of likely N-dealkylation sites (tertiary alicyclic amines) is 1. The molecule has 1 aliphatic carbocycles. The van der Waals surface area contributed by atoms with E-state index in [1.54, 1.807) is 6.92 Å². The molecular formula is C24H29F3N6O2S. The van der Waals surface area contributed by atoms with Crippen LogP contribution in [0.5, 0.6) is 0 Å². The summed E-state index contributed by atoms with van der Waals surface area (Å²) < 4.78 is 39.4. The number of halogens is 3. The molecule has 4 N–H and O–H groups in total. The minimum atomic E-state index is -4.43. The van der Waals surface area contributed by atoms with Gasteiger partial charge in [0.15, 0.2) is 0 Å². The molecule has 2 aliphatic rings. The van der Waals surface area contributed by atoms with E-state index in [-0.39, 0.29) is 17.7 Å². The van der Waals surface area contributed by atoms with Crippen LogP contribution in [-0.2, 0) is 0 Å². The van der Waals surface area contributed by atoms with Crippen LogP contribution in [0.2, 0.25) is 0 Å². The van der Waals surface area contributed by atoms with E-state index in [1.165, 1.54) is 11.3 Å². The smallest absolute Gasteiger partial charge is 0.390 e. The van der Waals surface area contributed by atoms with E-state index in [2.05, 4.69) is 25.5 Å². The Balaban J connectivity index is 1.46. The predicted molar refractivity (Wildman–Crippen MR) is 133 cm³/mol. The molecule has 0 radical (unpaired) electrons. The van der Waals surface area contributed by atoms with Gasteiger partial charge in [0, 0.05) is 12.5 Å². The molecule has 1 aliphatic heterocycles. The molecule has 4 atom stereocenters. The van der Waals surface area contributed by atoms with Crippen LogP contribution in [-0.4, -0.2) is 80.7 Å². The van der Waals surface area contributed by atoms with Crippen molar-refractivity contribution >= 4 is 33.3 Å². The number of aryl methyl sites for hydroxylation is 1. The van der Waals surface area contributed by atoms with Crippen molar-refractivity contribution in [1.29, 1.82) is 0 Å². The first-order valence-corrected chi connectivity index (χ1v) is 12.9. The first-order valence-electron chi connectivity index (χ1n) is 12.1. The van der Waals surface area contributed by atoms with Gasteiger partial charge in [-0.05, 0) is 51.4 Å². The molecule has 194 valence electrons. The number of fused-ring (bicyclic) bond motifs is 1. The number of aliphatic hydroxyl groups is 2. The molecule has 3 aromatic rings. The van der Waals surface area contributed by atoms with Crippen molar-refractivity contribution in [2.45, 2.75) is 50.6 Å². The summed E-state index contributed by atoms with van der Waals surface area (Å²) in [5.41, 5.74) is 1.82. The summed E-state index contributed by atoms with van der Waals surface area (Å²) >= 11 is 1.43. The maximum Gasteiger partial charge on any atom is 0.405 e. The van der Waals surface area contributed by atoms with Crippen molar-refractivity contribution < 1.29 is 23.4 Å². The third kappa shape index (κ3) is 5.41. The second-order valence-electron chi connectivity index (χ2n) is 9.55. The van der Waals surface area contributed by atoms with Gasteiger partial charge in [0.1, 0.15) is 23.5 Å². The highest BCUT2D eigenvalue weighted by Crippen LogP contribution is 2.38. The fourth-order valence-electron chi connectivity index (χ4n) is 5.09. The molecule has 0 unspecified atom stereocenters. The Morgan fingerprint density at radius 1 is 1.08 bits per heavy atom. The minimum absolute atomic E-state index is 0.118. The number of nitrogens with zero attached hydrogens (tertiary/aromatic N) is 4. The Morgan fingerprint density at radius 3 is 2.56 bits per heavy atom.